The van der Waals surface area contributed by atoms with Crippen LogP contribution in [0.2, 0.25) is 0 Å². The van der Waals surface area contributed by atoms with Gasteiger partial charge < -0.3 is 21.3 Å². The van der Waals surface area contributed by atoms with Crippen LogP contribution in [0.1, 0.15) is 11.0 Å². The molecule has 0 saturated heterocycles. The number of fused-ring (bicyclic) bond motifs is 1. The molecule has 0 unspecified atom stereocenters. The molecule has 0 fully saturated rings. The van der Waals surface area contributed by atoms with Crippen LogP contribution in [-0.4, -0.2) is 44.6 Å². The van der Waals surface area contributed by atoms with Gasteiger partial charge in [0.05, 0.1) is 18.4 Å². The van der Waals surface area contributed by atoms with E-state index in [-0.39, 0.29) is 29.7 Å². The highest BCUT2D eigenvalue weighted by Gasteiger charge is 2.24. The van der Waals surface area contributed by atoms with Gasteiger partial charge in [0, 0.05) is 4.11 Å². The minimum atomic E-state index is -2.76. The number of aromatic nitrogens is 2. The SMILES string of the molecule is [2H]C([2H])([2H])[C@@H](O)[C@@H](O)C1=Nc2c(nc(N)[nH]c2=O)NC1. The number of aliphatic hydroxyl groups is 2. The van der Waals surface area contributed by atoms with Gasteiger partial charge in [-0.2, -0.15) is 4.98 Å². The van der Waals surface area contributed by atoms with E-state index in [1.165, 1.54) is 0 Å². The largest absolute Gasteiger partial charge is 0.390 e. The number of anilines is 2. The maximum Gasteiger partial charge on any atom is 0.280 e. The molecule has 0 spiro atoms. The van der Waals surface area contributed by atoms with E-state index >= 15 is 0 Å². The van der Waals surface area contributed by atoms with Gasteiger partial charge in [-0.15, -0.1) is 0 Å². The number of aromatic amines is 1. The van der Waals surface area contributed by atoms with Crippen molar-refractivity contribution in [3.8, 4) is 0 Å². The molecule has 8 heteroatoms. The third-order valence-electron chi connectivity index (χ3n) is 2.25. The second kappa shape index (κ2) is 4.15. The Labute approximate surface area is 100 Å². The molecule has 0 amide bonds. The summed E-state index contributed by atoms with van der Waals surface area (Å²) in [6.07, 6.45) is -3.72. The lowest BCUT2D eigenvalue weighted by molar-refractivity contribution is 0.0731. The minimum absolute atomic E-state index is 0.0583. The van der Waals surface area contributed by atoms with Gasteiger partial charge in [0.2, 0.25) is 5.95 Å². The van der Waals surface area contributed by atoms with Crippen molar-refractivity contribution in [3.05, 3.63) is 10.4 Å². The summed E-state index contributed by atoms with van der Waals surface area (Å²) in [6, 6.07) is 0. The van der Waals surface area contributed by atoms with Crippen molar-refractivity contribution in [2.75, 3.05) is 17.6 Å². The highest BCUT2D eigenvalue weighted by molar-refractivity contribution is 5.97. The molecule has 1 aliphatic rings. The summed E-state index contributed by atoms with van der Waals surface area (Å²) < 4.78 is 21.2. The summed E-state index contributed by atoms with van der Waals surface area (Å²) in [6.45, 7) is -2.81. The maximum atomic E-state index is 11.6. The predicted molar refractivity (Wildman–Crippen MR) is 62.5 cm³/mol. The van der Waals surface area contributed by atoms with Crippen molar-refractivity contribution in [2.45, 2.75) is 19.1 Å². The van der Waals surface area contributed by atoms with Crippen LogP contribution in [-0.2, 0) is 0 Å². The predicted octanol–water partition coefficient (Wildman–Crippen LogP) is -1.41. The standard InChI is InChI=1S/C9H13N5O3/c1-3(15)6(16)4-2-11-7-5(12-4)8(17)14-9(10)13-7/h3,6,15-16H,2H2,1H3,(H4,10,11,13,14,17)/t3-,6-/m1/s1/i1D3. The Morgan fingerprint density at radius 2 is 2.35 bits per heavy atom. The van der Waals surface area contributed by atoms with E-state index < -0.39 is 24.6 Å². The number of nitrogens with one attached hydrogen (secondary N) is 2. The molecule has 0 aliphatic carbocycles. The first-order valence-corrected chi connectivity index (χ1v) is 4.77. The Morgan fingerprint density at radius 3 is 3.06 bits per heavy atom. The molecule has 1 aliphatic heterocycles. The molecule has 2 heterocycles. The van der Waals surface area contributed by atoms with Crippen molar-refractivity contribution >= 4 is 23.2 Å². The molecular weight excluding hydrogens is 226 g/mol. The summed E-state index contributed by atoms with van der Waals surface area (Å²) in [7, 11) is 0. The zero-order valence-corrected chi connectivity index (χ0v) is 8.64. The highest BCUT2D eigenvalue weighted by atomic mass is 16.3. The van der Waals surface area contributed by atoms with Gasteiger partial charge in [-0.25, -0.2) is 4.99 Å². The Bertz CT molecular complexity index is 612. The van der Waals surface area contributed by atoms with E-state index in [0.29, 0.717) is 0 Å². The normalized spacial score (nSPS) is 21.1. The van der Waals surface area contributed by atoms with Crippen molar-refractivity contribution in [1.29, 1.82) is 0 Å². The molecule has 0 radical (unpaired) electrons. The van der Waals surface area contributed by atoms with Gasteiger partial charge in [-0.3, -0.25) is 9.78 Å². The van der Waals surface area contributed by atoms with Crippen molar-refractivity contribution in [3.63, 3.8) is 0 Å². The second-order valence-electron chi connectivity index (χ2n) is 3.49. The van der Waals surface area contributed by atoms with Crippen LogP contribution < -0.4 is 16.6 Å². The highest BCUT2D eigenvalue weighted by Crippen LogP contribution is 2.22. The zero-order valence-electron chi connectivity index (χ0n) is 11.6. The fourth-order valence-corrected chi connectivity index (χ4v) is 1.42. The Balaban J connectivity index is 2.37. The Kier molecular flexibility index (Phi) is 2.00. The molecule has 2 rings (SSSR count). The third kappa shape index (κ3) is 2.12. The smallest absolute Gasteiger partial charge is 0.280 e. The molecule has 1 aromatic rings. The molecule has 1 aromatic heterocycles. The number of hydrogen-bond acceptors (Lipinski definition) is 7. The quantitative estimate of drug-likeness (QED) is 0.432. The van der Waals surface area contributed by atoms with Gasteiger partial charge in [0.25, 0.3) is 5.56 Å². The summed E-state index contributed by atoms with van der Waals surface area (Å²) in [5.74, 6) is 0.0357. The number of aliphatic hydroxyl groups excluding tert-OH is 2. The molecular formula is C9H13N5O3. The Hall–Kier alpha value is -1.93. The van der Waals surface area contributed by atoms with Gasteiger partial charge in [0.1, 0.15) is 6.10 Å². The average Bonchev–Trinajstić information content (AvgIpc) is 2.35. The van der Waals surface area contributed by atoms with E-state index in [2.05, 4.69) is 20.3 Å². The van der Waals surface area contributed by atoms with E-state index in [0.717, 1.165) is 0 Å². The molecule has 0 bridgehead atoms. The van der Waals surface area contributed by atoms with Crippen LogP contribution in [0.4, 0.5) is 17.5 Å². The van der Waals surface area contributed by atoms with Gasteiger partial charge in [-0.1, -0.05) is 0 Å². The van der Waals surface area contributed by atoms with Crippen LogP contribution >= 0.6 is 0 Å². The molecule has 0 saturated carbocycles. The third-order valence-corrected chi connectivity index (χ3v) is 2.25. The fraction of sp³-hybridized carbons (Fsp3) is 0.444. The molecule has 17 heavy (non-hydrogen) atoms. The van der Waals surface area contributed by atoms with E-state index in [1.807, 2.05) is 0 Å². The minimum Gasteiger partial charge on any atom is -0.390 e. The van der Waals surface area contributed by atoms with Crippen molar-refractivity contribution in [2.24, 2.45) is 4.99 Å². The average molecular weight is 242 g/mol. The first kappa shape index (κ1) is 8.20. The van der Waals surface area contributed by atoms with E-state index in [1.54, 1.807) is 0 Å². The monoisotopic (exact) mass is 242 g/mol. The van der Waals surface area contributed by atoms with E-state index in [9.17, 15) is 15.0 Å². The lowest BCUT2D eigenvalue weighted by Gasteiger charge is -2.21. The molecule has 0 aromatic carbocycles. The lowest BCUT2D eigenvalue weighted by Crippen LogP contribution is -2.38. The molecule has 92 valence electrons. The number of hydrogen-bond donors (Lipinski definition) is 5. The first-order valence-electron chi connectivity index (χ1n) is 6.27. The number of nitrogens with zero attached hydrogens (tertiary/aromatic N) is 2. The van der Waals surface area contributed by atoms with Crippen LogP contribution in [0, 0.1) is 0 Å². The molecule has 2 atom stereocenters. The van der Waals surface area contributed by atoms with Crippen LogP contribution in [0.25, 0.3) is 0 Å². The van der Waals surface area contributed by atoms with Crippen LogP contribution in [0.5, 0.6) is 0 Å². The number of nitrogen functional groups attached to an aromatic ring is 1. The number of aliphatic imine (C=N–C) groups is 1. The topological polar surface area (TPSA) is 137 Å². The van der Waals surface area contributed by atoms with Crippen LogP contribution in [0.15, 0.2) is 9.79 Å². The van der Waals surface area contributed by atoms with Crippen molar-refractivity contribution in [1.82, 2.24) is 9.97 Å². The Morgan fingerprint density at radius 1 is 1.59 bits per heavy atom. The van der Waals surface area contributed by atoms with Gasteiger partial charge in [0.15, 0.2) is 11.5 Å². The summed E-state index contributed by atoms with van der Waals surface area (Å²) in [5.41, 5.74) is 4.53. The van der Waals surface area contributed by atoms with Crippen LogP contribution in [0.3, 0.4) is 0 Å². The van der Waals surface area contributed by atoms with Gasteiger partial charge >= 0.3 is 0 Å². The summed E-state index contributed by atoms with van der Waals surface area (Å²) >= 11 is 0. The molecule has 6 N–H and O–H groups in total. The maximum absolute atomic E-state index is 11.6. The summed E-state index contributed by atoms with van der Waals surface area (Å²) in [4.78, 5) is 21.5. The second-order valence-corrected chi connectivity index (χ2v) is 3.49. The fourth-order valence-electron chi connectivity index (χ4n) is 1.42. The zero-order chi connectivity index (χ0) is 15.1. The first-order chi connectivity index (χ1) is 9.20. The number of H-pyrrole nitrogens is 1. The van der Waals surface area contributed by atoms with Gasteiger partial charge in [-0.05, 0) is 6.85 Å². The lowest BCUT2D eigenvalue weighted by atomic mass is 10.1. The summed E-state index contributed by atoms with van der Waals surface area (Å²) in [5, 5.41) is 22.0. The number of rotatable bonds is 2. The number of nitrogens with two attached hydrogens (primary N) is 1. The van der Waals surface area contributed by atoms with E-state index in [4.69, 9.17) is 9.85 Å². The van der Waals surface area contributed by atoms with Crippen molar-refractivity contribution < 1.29 is 14.3 Å². The molecule has 8 nitrogen and oxygen atoms in total.